The lowest BCUT2D eigenvalue weighted by molar-refractivity contribution is -0.136. The average molecular weight is 282 g/mol. The van der Waals surface area contributed by atoms with Crippen LogP contribution in [0, 0.1) is 5.92 Å². The van der Waals surface area contributed by atoms with E-state index in [9.17, 15) is 9.59 Å². The summed E-state index contributed by atoms with van der Waals surface area (Å²) in [5.41, 5.74) is -0.483. The highest BCUT2D eigenvalue weighted by molar-refractivity contribution is 5.80. The number of piperidine rings is 1. The van der Waals surface area contributed by atoms with Crippen LogP contribution in [0.4, 0.5) is 4.79 Å². The van der Waals surface area contributed by atoms with Crippen LogP contribution in [-0.2, 0) is 9.53 Å². The van der Waals surface area contributed by atoms with E-state index in [2.05, 4.69) is 0 Å². The largest absolute Gasteiger partial charge is 0.444 e. The van der Waals surface area contributed by atoms with E-state index in [0.717, 1.165) is 38.8 Å². The zero-order valence-corrected chi connectivity index (χ0v) is 12.9. The van der Waals surface area contributed by atoms with Crippen LogP contribution < -0.4 is 0 Å². The summed E-state index contributed by atoms with van der Waals surface area (Å²) in [5, 5.41) is 0. The van der Waals surface area contributed by atoms with Gasteiger partial charge < -0.3 is 14.5 Å². The summed E-state index contributed by atoms with van der Waals surface area (Å²) < 4.78 is 5.39. The molecular weight excluding hydrogens is 256 g/mol. The maximum absolute atomic E-state index is 12.4. The summed E-state index contributed by atoms with van der Waals surface area (Å²) in [5.74, 6) is 0.171. The maximum atomic E-state index is 12.4. The van der Waals surface area contributed by atoms with Gasteiger partial charge in [-0.3, -0.25) is 4.79 Å². The molecule has 0 aromatic carbocycles. The fourth-order valence-corrected chi connectivity index (χ4v) is 2.87. The fourth-order valence-electron chi connectivity index (χ4n) is 2.87. The molecule has 0 aliphatic carbocycles. The number of ether oxygens (including phenoxy) is 1. The number of hydrogen-bond donors (Lipinski definition) is 0. The molecule has 2 fully saturated rings. The standard InChI is InChI=1S/C15H26N2O3/c1-15(2,3)20-14(19)17-10-6-7-12(11-17)13(18)16-8-4-5-9-16/h12H,4-11H2,1-3H3. The van der Waals surface area contributed by atoms with E-state index in [-0.39, 0.29) is 17.9 Å². The third kappa shape index (κ3) is 3.87. The molecule has 2 saturated heterocycles. The Bertz CT molecular complexity index is 370. The van der Waals surface area contributed by atoms with Gasteiger partial charge in [-0.05, 0) is 46.5 Å². The van der Waals surface area contributed by atoms with Gasteiger partial charge in [0.15, 0.2) is 0 Å². The van der Waals surface area contributed by atoms with Crippen LogP contribution in [0.2, 0.25) is 0 Å². The minimum atomic E-state index is -0.483. The van der Waals surface area contributed by atoms with Crippen molar-refractivity contribution in [1.82, 2.24) is 9.80 Å². The van der Waals surface area contributed by atoms with Crippen molar-refractivity contribution in [2.75, 3.05) is 26.2 Å². The molecule has 1 unspecified atom stereocenters. The Hall–Kier alpha value is -1.26. The monoisotopic (exact) mass is 282 g/mol. The van der Waals surface area contributed by atoms with E-state index in [4.69, 9.17) is 4.74 Å². The van der Waals surface area contributed by atoms with Gasteiger partial charge in [0.1, 0.15) is 5.60 Å². The van der Waals surface area contributed by atoms with E-state index in [0.29, 0.717) is 13.1 Å². The predicted molar refractivity (Wildman–Crippen MR) is 76.3 cm³/mol. The third-order valence-electron chi connectivity index (χ3n) is 3.84. The highest BCUT2D eigenvalue weighted by atomic mass is 16.6. The summed E-state index contributed by atoms with van der Waals surface area (Å²) in [6.07, 6.45) is 3.68. The van der Waals surface area contributed by atoms with E-state index in [1.165, 1.54) is 0 Å². The second-order valence-corrected chi connectivity index (χ2v) is 6.80. The van der Waals surface area contributed by atoms with Crippen molar-refractivity contribution >= 4 is 12.0 Å². The van der Waals surface area contributed by atoms with Gasteiger partial charge in [-0.1, -0.05) is 0 Å². The van der Waals surface area contributed by atoms with Gasteiger partial charge in [-0.25, -0.2) is 4.79 Å². The number of amides is 2. The molecule has 0 N–H and O–H groups in total. The highest BCUT2D eigenvalue weighted by Gasteiger charge is 2.33. The Morgan fingerprint density at radius 3 is 2.20 bits per heavy atom. The smallest absolute Gasteiger partial charge is 0.410 e. The molecule has 0 radical (unpaired) electrons. The first-order chi connectivity index (χ1) is 9.37. The zero-order valence-electron chi connectivity index (χ0n) is 12.9. The minimum absolute atomic E-state index is 0.0469. The molecule has 0 bridgehead atoms. The van der Waals surface area contributed by atoms with Crippen molar-refractivity contribution in [3.8, 4) is 0 Å². The SMILES string of the molecule is CC(C)(C)OC(=O)N1CCCC(C(=O)N2CCCC2)C1. The highest BCUT2D eigenvalue weighted by Crippen LogP contribution is 2.22. The minimum Gasteiger partial charge on any atom is -0.444 e. The number of carbonyl (C=O) groups excluding carboxylic acids is 2. The lowest BCUT2D eigenvalue weighted by Crippen LogP contribution is -2.47. The van der Waals surface area contributed by atoms with Crippen molar-refractivity contribution in [3.05, 3.63) is 0 Å². The summed E-state index contributed by atoms with van der Waals surface area (Å²) >= 11 is 0. The molecule has 2 rings (SSSR count). The van der Waals surface area contributed by atoms with E-state index < -0.39 is 5.60 Å². The number of hydrogen-bond acceptors (Lipinski definition) is 3. The first-order valence-corrected chi connectivity index (χ1v) is 7.63. The topological polar surface area (TPSA) is 49.9 Å². The lowest BCUT2D eigenvalue weighted by atomic mass is 9.97. The summed E-state index contributed by atoms with van der Waals surface area (Å²) in [6, 6.07) is 0. The molecule has 2 heterocycles. The maximum Gasteiger partial charge on any atom is 0.410 e. The number of likely N-dealkylation sites (tertiary alicyclic amines) is 2. The molecule has 114 valence electrons. The Kier molecular flexibility index (Phi) is 4.55. The fraction of sp³-hybridized carbons (Fsp3) is 0.867. The quantitative estimate of drug-likeness (QED) is 0.741. The van der Waals surface area contributed by atoms with Gasteiger partial charge >= 0.3 is 6.09 Å². The molecule has 20 heavy (non-hydrogen) atoms. The van der Waals surface area contributed by atoms with Crippen LogP contribution in [-0.4, -0.2) is 53.6 Å². The van der Waals surface area contributed by atoms with Gasteiger partial charge in [-0.15, -0.1) is 0 Å². The van der Waals surface area contributed by atoms with Gasteiger partial charge in [0, 0.05) is 26.2 Å². The molecule has 2 aliphatic heterocycles. The Morgan fingerprint density at radius 2 is 1.60 bits per heavy atom. The molecule has 2 aliphatic rings. The van der Waals surface area contributed by atoms with E-state index >= 15 is 0 Å². The van der Waals surface area contributed by atoms with Crippen LogP contribution in [0.1, 0.15) is 46.5 Å². The predicted octanol–water partition coefficient (Wildman–Crippen LogP) is 2.26. The van der Waals surface area contributed by atoms with E-state index in [1.807, 2.05) is 25.7 Å². The molecule has 0 saturated carbocycles. The third-order valence-corrected chi connectivity index (χ3v) is 3.84. The molecule has 2 amide bonds. The van der Waals surface area contributed by atoms with Gasteiger partial charge in [0.2, 0.25) is 5.91 Å². The zero-order chi connectivity index (χ0) is 14.8. The molecule has 0 aromatic rings. The first-order valence-electron chi connectivity index (χ1n) is 7.63. The van der Waals surface area contributed by atoms with Crippen molar-refractivity contribution in [3.63, 3.8) is 0 Å². The van der Waals surface area contributed by atoms with Crippen molar-refractivity contribution in [2.45, 2.75) is 52.1 Å². The summed E-state index contributed by atoms with van der Waals surface area (Å²) in [6.45, 7) is 8.54. The second kappa shape index (κ2) is 6.02. The molecular formula is C15H26N2O3. The number of rotatable bonds is 1. The van der Waals surface area contributed by atoms with Crippen molar-refractivity contribution < 1.29 is 14.3 Å². The second-order valence-electron chi connectivity index (χ2n) is 6.80. The summed E-state index contributed by atoms with van der Waals surface area (Å²) in [4.78, 5) is 28.1. The first kappa shape index (κ1) is 15.1. The molecule has 5 heteroatoms. The molecule has 1 atom stereocenters. The number of nitrogens with zero attached hydrogens (tertiary/aromatic N) is 2. The van der Waals surface area contributed by atoms with Crippen LogP contribution in [0.3, 0.4) is 0 Å². The van der Waals surface area contributed by atoms with Crippen LogP contribution >= 0.6 is 0 Å². The van der Waals surface area contributed by atoms with E-state index in [1.54, 1.807) is 4.90 Å². The lowest BCUT2D eigenvalue weighted by Gasteiger charge is -2.34. The normalized spacial score (nSPS) is 23.9. The van der Waals surface area contributed by atoms with Crippen LogP contribution in [0.15, 0.2) is 0 Å². The Morgan fingerprint density at radius 1 is 1.00 bits per heavy atom. The Labute approximate surface area is 121 Å². The van der Waals surface area contributed by atoms with Crippen molar-refractivity contribution in [1.29, 1.82) is 0 Å². The number of carbonyl (C=O) groups is 2. The summed E-state index contributed by atoms with van der Waals surface area (Å²) in [7, 11) is 0. The molecule has 0 spiro atoms. The van der Waals surface area contributed by atoms with Crippen molar-refractivity contribution in [2.24, 2.45) is 5.92 Å². The Balaban J connectivity index is 1.91. The van der Waals surface area contributed by atoms with Gasteiger partial charge in [-0.2, -0.15) is 0 Å². The average Bonchev–Trinajstić information content (AvgIpc) is 2.90. The van der Waals surface area contributed by atoms with Gasteiger partial charge in [0.05, 0.1) is 5.92 Å². The van der Waals surface area contributed by atoms with Gasteiger partial charge in [0.25, 0.3) is 0 Å². The molecule has 5 nitrogen and oxygen atoms in total. The van der Waals surface area contributed by atoms with Crippen LogP contribution in [0.25, 0.3) is 0 Å². The van der Waals surface area contributed by atoms with Crippen LogP contribution in [0.5, 0.6) is 0 Å². The molecule has 0 aromatic heterocycles.